The summed E-state index contributed by atoms with van der Waals surface area (Å²) in [5, 5.41) is 3.16. The van der Waals surface area contributed by atoms with Crippen LogP contribution in [0, 0.1) is 0 Å². The Labute approximate surface area is 121 Å². The molecule has 0 aromatic heterocycles. The van der Waals surface area contributed by atoms with Gasteiger partial charge in [0.1, 0.15) is 21.3 Å². The van der Waals surface area contributed by atoms with Gasteiger partial charge >= 0.3 is 0 Å². The molecule has 0 aliphatic rings. The Morgan fingerprint density at radius 1 is 1.35 bits per heavy atom. The molecule has 0 radical (unpaired) electrons. The van der Waals surface area contributed by atoms with Crippen molar-refractivity contribution in [3.8, 4) is 11.5 Å². The first-order chi connectivity index (χ1) is 9.37. The van der Waals surface area contributed by atoms with Gasteiger partial charge in [-0.15, -0.1) is 0 Å². The second kappa shape index (κ2) is 7.50. The molecular weight excluding hydrogens is 278 g/mol. The highest BCUT2D eigenvalue weighted by molar-refractivity contribution is 7.90. The van der Waals surface area contributed by atoms with Gasteiger partial charge in [-0.05, 0) is 26.5 Å². The van der Waals surface area contributed by atoms with Crippen molar-refractivity contribution < 1.29 is 17.9 Å². The highest BCUT2D eigenvalue weighted by atomic mass is 32.2. The molecular formula is C14H23NO4S. The van der Waals surface area contributed by atoms with Gasteiger partial charge in [0, 0.05) is 23.9 Å². The maximum absolute atomic E-state index is 11.1. The van der Waals surface area contributed by atoms with Gasteiger partial charge in [0.05, 0.1) is 19.5 Å². The molecule has 0 aliphatic heterocycles. The van der Waals surface area contributed by atoms with E-state index in [-0.39, 0.29) is 11.8 Å². The van der Waals surface area contributed by atoms with Crippen LogP contribution in [0.3, 0.4) is 0 Å². The van der Waals surface area contributed by atoms with Crippen molar-refractivity contribution in [2.45, 2.75) is 19.4 Å². The Morgan fingerprint density at radius 3 is 2.60 bits per heavy atom. The van der Waals surface area contributed by atoms with Crippen LogP contribution in [0.5, 0.6) is 11.5 Å². The number of nitrogens with one attached hydrogen (secondary N) is 1. The fraction of sp³-hybridized carbons (Fsp3) is 0.571. The Morgan fingerprint density at radius 2 is 2.05 bits per heavy atom. The highest BCUT2D eigenvalue weighted by Gasteiger charge is 2.12. The fourth-order valence-corrected chi connectivity index (χ4v) is 2.43. The largest absolute Gasteiger partial charge is 0.497 e. The summed E-state index contributed by atoms with van der Waals surface area (Å²) >= 11 is 0. The molecule has 114 valence electrons. The van der Waals surface area contributed by atoms with Crippen LogP contribution >= 0.6 is 0 Å². The minimum absolute atomic E-state index is 0.133. The molecule has 0 saturated heterocycles. The van der Waals surface area contributed by atoms with Crippen molar-refractivity contribution in [2.24, 2.45) is 0 Å². The molecule has 0 heterocycles. The number of hydrogen-bond acceptors (Lipinski definition) is 5. The number of rotatable bonds is 8. The number of benzene rings is 1. The van der Waals surface area contributed by atoms with Crippen LogP contribution in [0.25, 0.3) is 0 Å². The Bertz CT molecular complexity index is 528. The number of methoxy groups -OCH3 is 1. The van der Waals surface area contributed by atoms with Gasteiger partial charge in [-0.25, -0.2) is 8.42 Å². The quantitative estimate of drug-likeness (QED) is 0.742. The lowest BCUT2D eigenvalue weighted by atomic mass is 10.1. The van der Waals surface area contributed by atoms with Gasteiger partial charge in [-0.2, -0.15) is 0 Å². The summed E-state index contributed by atoms with van der Waals surface area (Å²) in [5.74, 6) is 1.57. The van der Waals surface area contributed by atoms with Crippen LogP contribution in [-0.2, 0) is 9.84 Å². The van der Waals surface area contributed by atoms with Crippen LogP contribution in [-0.4, -0.2) is 41.2 Å². The van der Waals surface area contributed by atoms with Crippen molar-refractivity contribution in [3.05, 3.63) is 23.8 Å². The summed E-state index contributed by atoms with van der Waals surface area (Å²) in [6.45, 7) is 2.40. The molecule has 1 aromatic carbocycles. The Balaban J connectivity index is 2.75. The lowest BCUT2D eigenvalue weighted by Crippen LogP contribution is -2.15. The second-order valence-corrected chi connectivity index (χ2v) is 7.01. The summed E-state index contributed by atoms with van der Waals surface area (Å²) in [5.41, 5.74) is 1.02. The van der Waals surface area contributed by atoms with E-state index >= 15 is 0 Å². The van der Waals surface area contributed by atoms with Gasteiger partial charge in [0.15, 0.2) is 0 Å². The lowest BCUT2D eigenvalue weighted by Gasteiger charge is -2.17. The molecule has 0 fully saturated rings. The molecule has 6 heteroatoms. The zero-order valence-electron chi connectivity index (χ0n) is 12.5. The van der Waals surface area contributed by atoms with E-state index in [1.54, 1.807) is 7.11 Å². The average molecular weight is 301 g/mol. The van der Waals surface area contributed by atoms with Crippen LogP contribution in [0.2, 0.25) is 0 Å². The molecule has 1 rings (SSSR count). The molecule has 1 unspecified atom stereocenters. The third-order valence-corrected chi connectivity index (χ3v) is 4.07. The Hall–Kier alpha value is -1.27. The first-order valence-electron chi connectivity index (χ1n) is 6.53. The predicted molar refractivity (Wildman–Crippen MR) is 80.3 cm³/mol. The van der Waals surface area contributed by atoms with Crippen molar-refractivity contribution in [1.82, 2.24) is 5.32 Å². The van der Waals surface area contributed by atoms with Crippen LogP contribution in [0.1, 0.15) is 24.9 Å². The molecule has 0 amide bonds. The highest BCUT2D eigenvalue weighted by Crippen LogP contribution is 2.29. The van der Waals surface area contributed by atoms with E-state index in [2.05, 4.69) is 5.32 Å². The van der Waals surface area contributed by atoms with Gasteiger partial charge in [-0.1, -0.05) is 6.07 Å². The van der Waals surface area contributed by atoms with Crippen molar-refractivity contribution in [2.75, 3.05) is 32.8 Å². The first-order valence-corrected chi connectivity index (χ1v) is 8.59. The summed E-state index contributed by atoms with van der Waals surface area (Å²) < 4.78 is 33.1. The SMILES string of the molecule is CNC(C)c1ccc(OC)cc1OCCCS(C)(=O)=O. The lowest BCUT2D eigenvalue weighted by molar-refractivity contribution is 0.309. The summed E-state index contributed by atoms with van der Waals surface area (Å²) in [7, 11) is 0.539. The monoisotopic (exact) mass is 301 g/mol. The fourth-order valence-electron chi connectivity index (χ4n) is 1.78. The summed E-state index contributed by atoms with van der Waals surface area (Å²) in [4.78, 5) is 0. The standard InChI is InChI=1S/C14H23NO4S/c1-11(15-2)13-7-6-12(18-3)10-14(13)19-8-5-9-20(4,16)17/h6-7,10-11,15H,5,8-9H2,1-4H3. The van der Waals surface area contributed by atoms with E-state index in [1.165, 1.54) is 6.26 Å². The van der Waals surface area contributed by atoms with Gasteiger partial charge in [0.25, 0.3) is 0 Å². The van der Waals surface area contributed by atoms with E-state index in [0.29, 0.717) is 13.0 Å². The molecule has 5 nitrogen and oxygen atoms in total. The van der Waals surface area contributed by atoms with Crippen LogP contribution in [0.4, 0.5) is 0 Å². The molecule has 1 N–H and O–H groups in total. The van der Waals surface area contributed by atoms with E-state index < -0.39 is 9.84 Å². The smallest absolute Gasteiger partial charge is 0.147 e. The molecule has 1 atom stereocenters. The predicted octanol–water partition coefficient (Wildman–Crippen LogP) is 1.79. The second-order valence-electron chi connectivity index (χ2n) is 4.75. The minimum atomic E-state index is -2.94. The van der Waals surface area contributed by atoms with Crippen molar-refractivity contribution in [1.29, 1.82) is 0 Å². The number of sulfone groups is 1. The summed E-state index contributed by atoms with van der Waals surface area (Å²) in [6.07, 6.45) is 1.70. The first kappa shape index (κ1) is 16.8. The molecule has 0 bridgehead atoms. The van der Waals surface area contributed by atoms with Crippen LogP contribution in [0.15, 0.2) is 18.2 Å². The van der Waals surface area contributed by atoms with E-state index in [1.807, 2.05) is 32.2 Å². The number of ether oxygens (including phenoxy) is 2. The van der Waals surface area contributed by atoms with Gasteiger partial charge in [0.2, 0.25) is 0 Å². The third-order valence-electron chi connectivity index (χ3n) is 3.04. The molecule has 0 aliphatic carbocycles. The third kappa shape index (κ3) is 5.38. The number of hydrogen-bond donors (Lipinski definition) is 1. The maximum Gasteiger partial charge on any atom is 0.147 e. The minimum Gasteiger partial charge on any atom is -0.497 e. The van der Waals surface area contributed by atoms with Crippen molar-refractivity contribution >= 4 is 9.84 Å². The van der Waals surface area contributed by atoms with Gasteiger partial charge in [-0.3, -0.25) is 0 Å². The van der Waals surface area contributed by atoms with E-state index in [0.717, 1.165) is 17.1 Å². The van der Waals surface area contributed by atoms with E-state index in [4.69, 9.17) is 9.47 Å². The average Bonchev–Trinajstić information content (AvgIpc) is 2.41. The van der Waals surface area contributed by atoms with E-state index in [9.17, 15) is 8.42 Å². The Kier molecular flexibility index (Phi) is 6.29. The topological polar surface area (TPSA) is 64.6 Å². The molecule has 0 spiro atoms. The summed E-state index contributed by atoms with van der Waals surface area (Å²) in [6, 6.07) is 5.80. The zero-order chi connectivity index (χ0) is 15.2. The molecule has 1 aromatic rings. The normalized spacial score (nSPS) is 13.0. The maximum atomic E-state index is 11.1. The molecule has 0 saturated carbocycles. The van der Waals surface area contributed by atoms with Crippen LogP contribution < -0.4 is 14.8 Å². The van der Waals surface area contributed by atoms with Crippen molar-refractivity contribution in [3.63, 3.8) is 0 Å². The zero-order valence-corrected chi connectivity index (χ0v) is 13.3. The van der Waals surface area contributed by atoms with Gasteiger partial charge < -0.3 is 14.8 Å². The molecule has 20 heavy (non-hydrogen) atoms.